The van der Waals surface area contributed by atoms with E-state index in [-0.39, 0.29) is 15.5 Å². The number of nitrogen functional groups attached to an aromatic ring is 1. The number of nitrogens with one attached hydrogen (secondary N) is 1. The maximum atomic E-state index is 12.6. The van der Waals surface area contributed by atoms with Crippen LogP contribution in [-0.4, -0.2) is 31.0 Å². The number of thioether (sulfide) groups is 1. The molecule has 1 aromatic heterocycles. The molecule has 0 bridgehead atoms. The van der Waals surface area contributed by atoms with E-state index < -0.39 is 28.1 Å². The zero-order chi connectivity index (χ0) is 18.8. The SMILES string of the molecule is CC(Sc1nnc(C(F)(F)F)n1N)C(=O)Nc1ccc([N+](=O)[O-])cc1. The second-order valence-electron chi connectivity index (χ2n) is 4.73. The number of non-ortho nitro benzene ring substituents is 1. The van der Waals surface area contributed by atoms with Crippen molar-refractivity contribution >= 4 is 29.0 Å². The van der Waals surface area contributed by atoms with Gasteiger partial charge in [0.15, 0.2) is 0 Å². The molecule has 1 heterocycles. The van der Waals surface area contributed by atoms with Gasteiger partial charge >= 0.3 is 6.18 Å². The number of nitro groups is 1. The molecule has 13 heteroatoms. The molecule has 1 unspecified atom stereocenters. The van der Waals surface area contributed by atoms with Gasteiger partial charge in [0.25, 0.3) is 11.5 Å². The van der Waals surface area contributed by atoms with Crippen LogP contribution in [0.2, 0.25) is 0 Å². The monoisotopic (exact) mass is 376 g/mol. The van der Waals surface area contributed by atoms with E-state index in [1.54, 1.807) is 0 Å². The summed E-state index contributed by atoms with van der Waals surface area (Å²) in [7, 11) is 0. The third-order valence-electron chi connectivity index (χ3n) is 2.92. The van der Waals surface area contributed by atoms with Crippen molar-refractivity contribution < 1.29 is 22.9 Å². The average molecular weight is 376 g/mol. The number of rotatable bonds is 5. The van der Waals surface area contributed by atoms with Gasteiger partial charge in [-0.1, -0.05) is 11.8 Å². The minimum atomic E-state index is -4.76. The number of nitrogens with zero attached hydrogens (tertiary/aromatic N) is 4. The van der Waals surface area contributed by atoms with E-state index in [9.17, 15) is 28.1 Å². The Morgan fingerprint density at radius 2 is 1.96 bits per heavy atom. The van der Waals surface area contributed by atoms with E-state index >= 15 is 0 Å². The molecule has 1 aromatic carbocycles. The van der Waals surface area contributed by atoms with Gasteiger partial charge in [-0.25, -0.2) is 4.68 Å². The number of carbonyl (C=O) groups is 1. The molecule has 0 fully saturated rings. The minimum absolute atomic E-state index is 0.142. The summed E-state index contributed by atoms with van der Waals surface area (Å²) in [5.41, 5.74) is 0.157. The van der Waals surface area contributed by atoms with Crippen LogP contribution in [0.25, 0.3) is 0 Å². The number of hydrogen-bond donors (Lipinski definition) is 2. The van der Waals surface area contributed by atoms with Crippen LogP contribution in [0, 0.1) is 10.1 Å². The maximum Gasteiger partial charge on any atom is 0.453 e. The first kappa shape index (κ1) is 18.5. The summed E-state index contributed by atoms with van der Waals surface area (Å²) in [5, 5.41) is 18.2. The van der Waals surface area contributed by atoms with Gasteiger partial charge in [-0.05, 0) is 19.1 Å². The third-order valence-corrected chi connectivity index (χ3v) is 3.97. The molecule has 134 valence electrons. The zero-order valence-electron chi connectivity index (χ0n) is 12.5. The topological polar surface area (TPSA) is 129 Å². The lowest BCUT2D eigenvalue weighted by Gasteiger charge is -2.11. The number of nitrogens with two attached hydrogens (primary N) is 1. The normalized spacial score (nSPS) is 12.6. The molecule has 1 amide bonds. The smallest absolute Gasteiger partial charge is 0.335 e. The largest absolute Gasteiger partial charge is 0.453 e. The highest BCUT2D eigenvalue weighted by atomic mass is 32.2. The van der Waals surface area contributed by atoms with E-state index in [1.165, 1.54) is 31.2 Å². The first-order valence-electron chi connectivity index (χ1n) is 6.59. The van der Waals surface area contributed by atoms with Crippen LogP contribution in [0.15, 0.2) is 29.4 Å². The van der Waals surface area contributed by atoms with E-state index in [2.05, 4.69) is 15.5 Å². The Hall–Kier alpha value is -2.83. The summed E-state index contributed by atoms with van der Waals surface area (Å²) in [4.78, 5) is 22.0. The predicted octanol–water partition coefficient (Wildman–Crippen LogP) is 2.04. The molecule has 0 aliphatic carbocycles. The summed E-state index contributed by atoms with van der Waals surface area (Å²) in [5.74, 6) is 3.37. The third kappa shape index (κ3) is 4.37. The highest BCUT2D eigenvalue weighted by molar-refractivity contribution is 8.00. The Labute approximate surface area is 142 Å². The molecule has 3 N–H and O–H groups in total. The van der Waals surface area contributed by atoms with Crippen molar-refractivity contribution in [3.8, 4) is 0 Å². The summed E-state index contributed by atoms with van der Waals surface area (Å²) in [6.45, 7) is 1.44. The van der Waals surface area contributed by atoms with Crippen LogP contribution >= 0.6 is 11.8 Å². The molecule has 25 heavy (non-hydrogen) atoms. The van der Waals surface area contributed by atoms with Gasteiger partial charge in [0.05, 0.1) is 10.2 Å². The van der Waals surface area contributed by atoms with Crippen molar-refractivity contribution in [2.24, 2.45) is 0 Å². The first-order chi connectivity index (χ1) is 11.6. The van der Waals surface area contributed by atoms with Gasteiger partial charge in [-0.2, -0.15) is 13.2 Å². The van der Waals surface area contributed by atoms with Crippen molar-refractivity contribution in [1.82, 2.24) is 14.9 Å². The highest BCUT2D eigenvalue weighted by Crippen LogP contribution is 2.30. The molecule has 0 aliphatic heterocycles. The van der Waals surface area contributed by atoms with Crippen molar-refractivity contribution in [3.63, 3.8) is 0 Å². The van der Waals surface area contributed by atoms with Gasteiger partial charge in [0.1, 0.15) is 0 Å². The van der Waals surface area contributed by atoms with Gasteiger partial charge in [0, 0.05) is 17.8 Å². The molecule has 2 rings (SSSR count). The number of halogens is 3. The molecule has 0 radical (unpaired) electrons. The van der Waals surface area contributed by atoms with Crippen LogP contribution in [0.5, 0.6) is 0 Å². The number of benzene rings is 1. The standard InChI is InChI=1S/C12H11F3N6O3S/c1-6(25-11-19-18-10(20(11)16)12(13,14)15)9(22)17-7-2-4-8(5-3-7)21(23)24/h2-6H,16H2,1H3,(H,17,22). The van der Waals surface area contributed by atoms with Crippen LogP contribution in [-0.2, 0) is 11.0 Å². The Kier molecular flexibility index (Phi) is 5.15. The average Bonchev–Trinajstić information content (AvgIpc) is 2.88. The minimum Gasteiger partial charge on any atom is -0.335 e. The summed E-state index contributed by atoms with van der Waals surface area (Å²) in [6, 6.07) is 5.08. The zero-order valence-corrected chi connectivity index (χ0v) is 13.3. The molecule has 0 spiro atoms. The number of carbonyl (C=O) groups excluding carboxylic acids is 1. The number of aromatic nitrogens is 3. The lowest BCUT2D eigenvalue weighted by Crippen LogP contribution is -2.25. The second-order valence-corrected chi connectivity index (χ2v) is 6.04. The Morgan fingerprint density at radius 1 is 1.36 bits per heavy atom. The molecule has 2 aromatic rings. The number of nitro benzene ring substituents is 1. The fraction of sp³-hybridized carbons (Fsp3) is 0.250. The molecule has 0 saturated carbocycles. The summed E-state index contributed by atoms with van der Waals surface area (Å²) >= 11 is 0.687. The Balaban J connectivity index is 2.03. The number of alkyl halides is 3. The van der Waals surface area contributed by atoms with Gasteiger partial charge in [-0.3, -0.25) is 14.9 Å². The van der Waals surface area contributed by atoms with Gasteiger partial charge < -0.3 is 11.2 Å². The molecule has 1 atom stereocenters. The Morgan fingerprint density at radius 3 is 2.44 bits per heavy atom. The first-order valence-corrected chi connectivity index (χ1v) is 7.47. The molecule has 0 saturated heterocycles. The van der Waals surface area contributed by atoms with Crippen molar-refractivity contribution in [2.75, 3.05) is 11.2 Å². The van der Waals surface area contributed by atoms with Crippen LogP contribution in [0.3, 0.4) is 0 Å². The predicted molar refractivity (Wildman–Crippen MR) is 82.2 cm³/mol. The van der Waals surface area contributed by atoms with Gasteiger partial charge in [0.2, 0.25) is 11.1 Å². The number of hydrogen-bond acceptors (Lipinski definition) is 7. The van der Waals surface area contributed by atoms with E-state index in [4.69, 9.17) is 5.84 Å². The number of anilines is 1. The van der Waals surface area contributed by atoms with E-state index in [1.807, 2.05) is 0 Å². The molecular weight excluding hydrogens is 365 g/mol. The van der Waals surface area contributed by atoms with E-state index in [0.29, 0.717) is 17.4 Å². The van der Waals surface area contributed by atoms with Crippen LogP contribution < -0.4 is 11.2 Å². The quantitative estimate of drug-likeness (QED) is 0.353. The summed E-state index contributed by atoms with van der Waals surface area (Å²) < 4.78 is 38.0. The second kappa shape index (κ2) is 6.96. The van der Waals surface area contributed by atoms with E-state index in [0.717, 1.165) is 0 Å². The highest BCUT2D eigenvalue weighted by Gasteiger charge is 2.38. The summed E-state index contributed by atoms with van der Waals surface area (Å²) in [6.07, 6.45) is -4.76. The maximum absolute atomic E-state index is 12.6. The lowest BCUT2D eigenvalue weighted by atomic mass is 10.3. The number of amides is 1. The van der Waals surface area contributed by atoms with Crippen LogP contribution in [0.1, 0.15) is 12.7 Å². The molecule has 0 aliphatic rings. The van der Waals surface area contributed by atoms with Crippen molar-refractivity contribution in [2.45, 2.75) is 23.5 Å². The fourth-order valence-corrected chi connectivity index (χ4v) is 2.44. The lowest BCUT2D eigenvalue weighted by molar-refractivity contribution is -0.384. The van der Waals surface area contributed by atoms with Crippen molar-refractivity contribution in [1.29, 1.82) is 0 Å². The van der Waals surface area contributed by atoms with Gasteiger partial charge in [-0.15, -0.1) is 10.2 Å². The fourth-order valence-electron chi connectivity index (χ4n) is 1.67. The van der Waals surface area contributed by atoms with Crippen molar-refractivity contribution in [3.05, 3.63) is 40.2 Å². The Bertz CT molecular complexity index is 792. The van der Waals surface area contributed by atoms with Crippen LogP contribution in [0.4, 0.5) is 24.5 Å². The molecular formula is C12H11F3N6O3S. The molecule has 9 nitrogen and oxygen atoms in total.